The molecule has 0 atom stereocenters. The molecule has 0 saturated carbocycles. The normalized spacial score (nSPS) is 10.9. The molecule has 0 bridgehead atoms. The Morgan fingerprint density at radius 2 is 2.00 bits per heavy atom. The predicted molar refractivity (Wildman–Crippen MR) is 62.4 cm³/mol. The summed E-state index contributed by atoms with van der Waals surface area (Å²) in [6.07, 6.45) is -4.53. The molecule has 0 aromatic heterocycles. The van der Waals surface area contributed by atoms with Crippen LogP contribution >= 0.6 is 0 Å². The third-order valence-electron chi connectivity index (χ3n) is 2.11. The van der Waals surface area contributed by atoms with Gasteiger partial charge in [0.15, 0.2) is 12.4 Å². The molecule has 6 nitrogen and oxygen atoms in total. The maximum atomic E-state index is 11.9. The lowest BCUT2D eigenvalue weighted by Crippen LogP contribution is -2.36. The zero-order chi connectivity index (χ0) is 15.3. The summed E-state index contributed by atoms with van der Waals surface area (Å²) in [5.74, 6) is -2.63. The molecular formula is C11H11F3N2O4. The Labute approximate surface area is 111 Å². The molecule has 0 aliphatic rings. The second-order valence-corrected chi connectivity index (χ2v) is 3.71. The van der Waals surface area contributed by atoms with E-state index in [4.69, 9.17) is 15.6 Å². The highest BCUT2D eigenvalue weighted by molar-refractivity contribution is 5.93. The van der Waals surface area contributed by atoms with Crippen molar-refractivity contribution in [2.75, 3.05) is 18.9 Å². The van der Waals surface area contributed by atoms with E-state index in [1.165, 1.54) is 18.2 Å². The van der Waals surface area contributed by atoms with Gasteiger partial charge in [-0.15, -0.1) is 0 Å². The van der Waals surface area contributed by atoms with E-state index < -0.39 is 31.2 Å². The molecule has 0 unspecified atom stereocenters. The van der Waals surface area contributed by atoms with Crippen molar-refractivity contribution < 1.29 is 32.6 Å². The lowest BCUT2D eigenvalue weighted by molar-refractivity contribution is -0.139. The van der Waals surface area contributed by atoms with Gasteiger partial charge in [0.1, 0.15) is 12.1 Å². The fourth-order valence-corrected chi connectivity index (χ4v) is 1.27. The molecule has 1 aromatic carbocycles. The van der Waals surface area contributed by atoms with Crippen LogP contribution in [0, 0.1) is 0 Å². The van der Waals surface area contributed by atoms with Gasteiger partial charge in [-0.25, -0.2) is 4.79 Å². The lowest BCUT2D eigenvalue weighted by atomic mass is 10.2. The molecule has 20 heavy (non-hydrogen) atoms. The number of carbonyl (C=O) groups excluding carboxylic acids is 1. The predicted octanol–water partition coefficient (Wildman–Crippen LogP) is 1.02. The molecule has 0 heterocycles. The van der Waals surface area contributed by atoms with E-state index in [0.717, 1.165) is 0 Å². The van der Waals surface area contributed by atoms with Gasteiger partial charge >= 0.3 is 12.1 Å². The largest absolute Gasteiger partial charge is 0.481 e. The monoisotopic (exact) mass is 292 g/mol. The average Bonchev–Trinajstić information content (AvgIpc) is 2.33. The number of hydrogen-bond donors (Lipinski definition) is 3. The molecule has 0 saturated heterocycles. The van der Waals surface area contributed by atoms with E-state index in [1.807, 2.05) is 0 Å². The number of ether oxygens (including phenoxy) is 1. The quantitative estimate of drug-likeness (QED) is 0.703. The first kappa shape index (κ1) is 15.6. The summed E-state index contributed by atoms with van der Waals surface area (Å²) in [6.45, 7) is -2.27. The minimum absolute atomic E-state index is 0.0338. The van der Waals surface area contributed by atoms with Gasteiger partial charge < -0.3 is 20.9 Å². The molecule has 0 fully saturated rings. The van der Waals surface area contributed by atoms with Crippen molar-refractivity contribution in [1.29, 1.82) is 0 Å². The number of carboxylic acids is 1. The Bertz CT molecular complexity index is 517. The highest BCUT2D eigenvalue weighted by Gasteiger charge is 2.27. The number of alkyl halides is 3. The molecule has 1 aromatic rings. The van der Waals surface area contributed by atoms with E-state index in [9.17, 15) is 22.8 Å². The minimum Gasteiger partial charge on any atom is -0.481 e. The van der Waals surface area contributed by atoms with E-state index in [2.05, 4.69) is 0 Å². The molecule has 9 heteroatoms. The summed E-state index contributed by atoms with van der Waals surface area (Å²) < 4.78 is 40.5. The Balaban J connectivity index is 2.66. The topological polar surface area (TPSA) is 102 Å². The van der Waals surface area contributed by atoms with Crippen LogP contribution in [0.2, 0.25) is 0 Å². The number of carboxylic acid groups (broad SMARTS) is 1. The van der Waals surface area contributed by atoms with Crippen molar-refractivity contribution in [1.82, 2.24) is 5.32 Å². The minimum atomic E-state index is -4.53. The summed E-state index contributed by atoms with van der Waals surface area (Å²) in [5.41, 5.74) is 5.17. The maximum absolute atomic E-state index is 11.9. The van der Waals surface area contributed by atoms with Crippen LogP contribution in [0.4, 0.5) is 18.9 Å². The Hall–Kier alpha value is -2.45. The van der Waals surface area contributed by atoms with Gasteiger partial charge in [0, 0.05) is 0 Å². The average molecular weight is 292 g/mol. The Kier molecular flexibility index (Phi) is 4.78. The van der Waals surface area contributed by atoms with Gasteiger partial charge in [0.05, 0.1) is 5.69 Å². The van der Waals surface area contributed by atoms with Crippen molar-refractivity contribution in [2.24, 2.45) is 0 Å². The molecule has 4 N–H and O–H groups in total. The smallest absolute Gasteiger partial charge is 0.405 e. The van der Waals surface area contributed by atoms with Gasteiger partial charge in [-0.2, -0.15) is 13.2 Å². The second-order valence-electron chi connectivity index (χ2n) is 3.71. The van der Waals surface area contributed by atoms with E-state index >= 15 is 0 Å². The molecule has 110 valence electrons. The van der Waals surface area contributed by atoms with Crippen molar-refractivity contribution in [2.45, 2.75) is 6.18 Å². The number of hydrogen-bond acceptors (Lipinski definition) is 4. The number of nitrogens with one attached hydrogen (secondary N) is 1. The van der Waals surface area contributed by atoms with Crippen LogP contribution in [0.1, 0.15) is 10.4 Å². The molecule has 0 aliphatic carbocycles. The van der Waals surface area contributed by atoms with Gasteiger partial charge in [-0.3, -0.25) is 4.79 Å². The van der Waals surface area contributed by atoms with Crippen molar-refractivity contribution in [3.05, 3.63) is 23.8 Å². The zero-order valence-corrected chi connectivity index (χ0v) is 10.0. The number of aromatic carboxylic acids is 1. The van der Waals surface area contributed by atoms with E-state index in [-0.39, 0.29) is 17.0 Å². The van der Waals surface area contributed by atoms with Gasteiger partial charge in [-0.1, -0.05) is 6.07 Å². The van der Waals surface area contributed by atoms with Crippen LogP contribution in [0.15, 0.2) is 18.2 Å². The van der Waals surface area contributed by atoms with Crippen molar-refractivity contribution in [3.8, 4) is 5.75 Å². The highest BCUT2D eigenvalue weighted by Crippen LogP contribution is 2.26. The van der Waals surface area contributed by atoms with E-state index in [0.29, 0.717) is 0 Å². The van der Waals surface area contributed by atoms with Crippen LogP contribution in [0.25, 0.3) is 0 Å². The number of nitrogens with two attached hydrogens (primary N) is 1. The first-order valence-corrected chi connectivity index (χ1v) is 5.28. The first-order chi connectivity index (χ1) is 9.20. The van der Waals surface area contributed by atoms with Gasteiger partial charge in [-0.05, 0) is 12.1 Å². The summed E-state index contributed by atoms with van der Waals surface area (Å²) in [6, 6.07) is 3.91. The molecule has 0 aliphatic heterocycles. The van der Waals surface area contributed by atoms with Gasteiger partial charge in [0.2, 0.25) is 0 Å². The fourth-order valence-electron chi connectivity index (χ4n) is 1.27. The van der Waals surface area contributed by atoms with Crippen LogP contribution in [-0.4, -0.2) is 36.3 Å². The maximum Gasteiger partial charge on any atom is 0.405 e. The van der Waals surface area contributed by atoms with Crippen LogP contribution < -0.4 is 15.8 Å². The molecule has 0 radical (unpaired) electrons. The first-order valence-electron chi connectivity index (χ1n) is 5.28. The zero-order valence-electron chi connectivity index (χ0n) is 10.0. The third-order valence-corrected chi connectivity index (χ3v) is 2.11. The lowest BCUT2D eigenvalue weighted by Gasteiger charge is -2.12. The number of anilines is 1. The van der Waals surface area contributed by atoms with Crippen molar-refractivity contribution in [3.63, 3.8) is 0 Å². The standard InChI is InChI=1S/C11H11F3N2O4/c12-11(13,14)5-16-8(17)4-20-9-6(10(18)19)2-1-3-7(9)15/h1-3H,4-5,15H2,(H,16,17)(H,18,19). The van der Waals surface area contributed by atoms with Gasteiger partial charge in [0.25, 0.3) is 5.91 Å². The van der Waals surface area contributed by atoms with E-state index in [1.54, 1.807) is 5.32 Å². The SMILES string of the molecule is Nc1cccc(C(=O)O)c1OCC(=O)NCC(F)(F)F. The molecular weight excluding hydrogens is 281 g/mol. The number of para-hydroxylation sites is 1. The van der Waals surface area contributed by atoms with Crippen LogP contribution in [-0.2, 0) is 4.79 Å². The fraction of sp³-hybridized carbons (Fsp3) is 0.273. The number of halogens is 3. The summed E-state index contributed by atoms with van der Waals surface area (Å²) in [4.78, 5) is 22.0. The highest BCUT2D eigenvalue weighted by atomic mass is 19.4. The van der Waals surface area contributed by atoms with Crippen molar-refractivity contribution >= 4 is 17.6 Å². The Morgan fingerprint density at radius 3 is 2.55 bits per heavy atom. The summed E-state index contributed by atoms with van der Waals surface area (Å²) in [7, 11) is 0. The summed E-state index contributed by atoms with van der Waals surface area (Å²) >= 11 is 0. The molecule has 1 rings (SSSR count). The number of nitrogen functional groups attached to an aromatic ring is 1. The number of benzene rings is 1. The Morgan fingerprint density at radius 1 is 1.35 bits per heavy atom. The van der Waals surface area contributed by atoms with Crippen LogP contribution in [0.3, 0.4) is 0 Å². The second kappa shape index (κ2) is 6.13. The number of amides is 1. The summed E-state index contributed by atoms with van der Waals surface area (Å²) in [5, 5.41) is 10.5. The van der Waals surface area contributed by atoms with Crippen LogP contribution in [0.5, 0.6) is 5.75 Å². The number of rotatable bonds is 5. The molecule has 1 amide bonds. The molecule has 0 spiro atoms. The third kappa shape index (κ3) is 4.67. The number of carbonyl (C=O) groups is 2.